The number of thiophene rings is 1. The lowest BCUT2D eigenvalue weighted by Crippen LogP contribution is -2.40. The number of likely N-dealkylation sites (tertiary alicyclic amines) is 1. The molecule has 1 saturated heterocycles. The number of benzene rings is 1. The second-order valence-electron chi connectivity index (χ2n) is 20.1. The van der Waals surface area contributed by atoms with Crippen LogP contribution in [0, 0.1) is 40.9 Å². The van der Waals surface area contributed by atoms with Crippen LogP contribution >= 0.6 is 11.3 Å². The second-order valence-corrected chi connectivity index (χ2v) is 21.2. The molecule has 0 amide bonds. The van der Waals surface area contributed by atoms with Gasteiger partial charge in [0.15, 0.2) is 0 Å². The van der Waals surface area contributed by atoms with Gasteiger partial charge in [-0.2, -0.15) is 0 Å². The molecule has 2 aliphatic heterocycles. The number of aliphatic imine (C=N–C) groups is 1. The maximum atomic E-state index is 5.78. The van der Waals surface area contributed by atoms with E-state index in [1.54, 1.807) is 11.3 Å². The number of hydrogen-bond acceptors (Lipinski definition) is 4. The molecule has 7 aliphatic carbocycles. The molecule has 1 aromatic carbocycles. The molecular formula is C57H65N3S. The fourth-order valence-corrected chi connectivity index (χ4v) is 14.2. The molecule has 1 aromatic heterocycles. The van der Waals surface area contributed by atoms with Gasteiger partial charge in [-0.15, -0.1) is 11.3 Å². The van der Waals surface area contributed by atoms with Gasteiger partial charge in [-0.3, -0.25) is 4.99 Å². The summed E-state index contributed by atoms with van der Waals surface area (Å²) in [5.74, 6) is 2.75. The van der Waals surface area contributed by atoms with Crippen LogP contribution in [0.5, 0.6) is 0 Å². The largest absolute Gasteiger partial charge is 0.363 e. The Kier molecular flexibility index (Phi) is 10.4. The maximum absolute atomic E-state index is 5.78. The van der Waals surface area contributed by atoms with E-state index in [0.29, 0.717) is 41.7 Å². The summed E-state index contributed by atoms with van der Waals surface area (Å²) >= 11 is 2.03. The molecule has 61 heavy (non-hydrogen) atoms. The number of allylic oxidation sites excluding steroid dienone is 17. The molecule has 1 saturated carbocycles. The molecule has 314 valence electrons. The zero-order valence-corrected chi connectivity index (χ0v) is 37.8. The number of nitrogens with one attached hydrogen (secondary N) is 1. The van der Waals surface area contributed by atoms with Gasteiger partial charge < -0.3 is 10.2 Å². The van der Waals surface area contributed by atoms with Crippen LogP contribution in [-0.2, 0) is 0 Å². The Balaban J connectivity index is 1.02. The van der Waals surface area contributed by atoms with Crippen LogP contribution < -0.4 is 5.32 Å². The van der Waals surface area contributed by atoms with Crippen LogP contribution in [-0.4, -0.2) is 22.8 Å². The molecule has 3 nitrogen and oxygen atoms in total. The van der Waals surface area contributed by atoms with Gasteiger partial charge in [-0.25, -0.2) is 0 Å². The second kappa shape index (κ2) is 16.1. The van der Waals surface area contributed by atoms with E-state index in [-0.39, 0.29) is 17.5 Å². The number of hydrogen-bond donors (Lipinski definition) is 1. The van der Waals surface area contributed by atoms with Crippen LogP contribution in [0.2, 0.25) is 0 Å². The lowest BCUT2D eigenvalue weighted by atomic mass is 9.68. The fourth-order valence-electron chi connectivity index (χ4n) is 13.0. The van der Waals surface area contributed by atoms with Crippen molar-refractivity contribution in [2.75, 3.05) is 0 Å². The van der Waals surface area contributed by atoms with E-state index < -0.39 is 0 Å². The molecule has 1 N–H and O–H groups in total. The van der Waals surface area contributed by atoms with Gasteiger partial charge in [-0.05, 0) is 122 Å². The molecule has 2 fully saturated rings. The lowest BCUT2D eigenvalue weighted by Gasteiger charge is -2.42. The minimum Gasteiger partial charge on any atom is -0.363 e. The van der Waals surface area contributed by atoms with Gasteiger partial charge in [0, 0.05) is 67.4 Å². The molecule has 2 aromatic rings. The maximum Gasteiger partial charge on any atom is 0.140 e. The van der Waals surface area contributed by atoms with Crippen molar-refractivity contribution in [2.45, 2.75) is 123 Å². The first-order valence-corrected chi connectivity index (χ1v) is 24.9. The highest BCUT2D eigenvalue weighted by Crippen LogP contribution is 2.58. The van der Waals surface area contributed by atoms with Crippen LogP contribution in [0.3, 0.4) is 0 Å². The molecule has 0 spiro atoms. The summed E-state index contributed by atoms with van der Waals surface area (Å²) in [7, 11) is 0. The summed E-state index contributed by atoms with van der Waals surface area (Å²) in [6.07, 6.45) is 52.8. The number of fused-ring (bicyclic) bond motifs is 7. The molecular weight excluding hydrogens is 759 g/mol. The Hall–Kier alpha value is -4.41. The Morgan fingerprint density at radius 2 is 1.77 bits per heavy atom. The molecule has 3 heterocycles. The first-order valence-electron chi connectivity index (χ1n) is 24.1. The molecule has 9 atom stereocenters. The van der Waals surface area contributed by atoms with Crippen molar-refractivity contribution in [1.82, 2.24) is 10.2 Å². The van der Waals surface area contributed by atoms with Crippen molar-refractivity contribution in [3.05, 3.63) is 153 Å². The summed E-state index contributed by atoms with van der Waals surface area (Å²) in [5, 5.41) is 5.74. The SMILES string of the molecule is CC1=C(C2CC(C3(C)C=CC=CC3)=CC=C2c2ccc3c4c(sc3c2)C=CC2C3CC=CC=C3N(C3CCC=CC3C)C42)N[C@@H](C2=CC=CCC2)N=C(C2CCCCC2)C1C. The minimum atomic E-state index is -0.0162. The Morgan fingerprint density at radius 1 is 0.885 bits per heavy atom. The molecule has 4 heteroatoms. The first-order chi connectivity index (χ1) is 29.9. The molecule has 8 unspecified atom stereocenters. The zero-order valence-electron chi connectivity index (χ0n) is 37.0. The third-order valence-corrected chi connectivity index (χ3v) is 17.7. The topological polar surface area (TPSA) is 27.6 Å². The van der Waals surface area contributed by atoms with Gasteiger partial charge in [0.2, 0.25) is 0 Å². The summed E-state index contributed by atoms with van der Waals surface area (Å²) in [6.45, 7) is 9.82. The predicted molar refractivity (Wildman–Crippen MR) is 260 cm³/mol. The highest BCUT2D eigenvalue weighted by atomic mass is 32.1. The van der Waals surface area contributed by atoms with Crippen molar-refractivity contribution >= 4 is 38.8 Å². The number of nitrogens with zero attached hydrogens (tertiary/aromatic N) is 2. The van der Waals surface area contributed by atoms with Crippen molar-refractivity contribution in [3.8, 4) is 0 Å². The summed E-state index contributed by atoms with van der Waals surface area (Å²) in [4.78, 5) is 10.2. The van der Waals surface area contributed by atoms with Crippen molar-refractivity contribution in [1.29, 1.82) is 0 Å². The molecule has 11 rings (SSSR count). The monoisotopic (exact) mass is 823 g/mol. The van der Waals surface area contributed by atoms with Crippen LogP contribution in [0.4, 0.5) is 0 Å². The van der Waals surface area contributed by atoms with E-state index in [9.17, 15) is 0 Å². The smallest absolute Gasteiger partial charge is 0.140 e. The molecule has 0 radical (unpaired) electrons. The van der Waals surface area contributed by atoms with E-state index in [4.69, 9.17) is 4.99 Å². The summed E-state index contributed by atoms with van der Waals surface area (Å²) in [5.41, 5.74) is 13.3. The third-order valence-electron chi connectivity index (χ3n) is 16.6. The normalized spacial score (nSPS) is 34.6. The van der Waals surface area contributed by atoms with E-state index in [2.05, 4.69) is 153 Å². The fraction of sp³-hybridized carbons (Fsp3) is 0.456. The van der Waals surface area contributed by atoms with E-state index in [1.165, 1.54) is 99.2 Å². The van der Waals surface area contributed by atoms with E-state index in [0.717, 1.165) is 32.1 Å². The molecule has 9 aliphatic rings. The van der Waals surface area contributed by atoms with Crippen LogP contribution in [0.15, 0.2) is 142 Å². The quantitative estimate of drug-likeness (QED) is 0.294. The summed E-state index contributed by atoms with van der Waals surface area (Å²) < 4.78 is 1.43. The molecule has 0 bridgehead atoms. The van der Waals surface area contributed by atoms with Crippen LogP contribution in [0.1, 0.15) is 127 Å². The van der Waals surface area contributed by atoms with Gasteiger partial charge >= 0.3 is 0 Å². The first kappa shape index (κ1) is 39.4. The Labute approximate surface area is 369 Å². The third kappa shape index (κ3) is 6.86. The van der Waals surface area contributed by atoms with Crippen LogP contribution in [0.25, 0.3) is 21.7 Å². The lowest BCUT2D eigenvalue weighted by molar-refractivity contribution is 0.157. The average Bonchev–Trinajstić information content (AvgIpc) is 3.80. The standard InChI is InChI=1S/C57H65N3S/c1-36-18-12-14-24-48(36)60-49-25-15-13-23-44(49)45-30-31-50-52(55(45)60)46-28-26-41(34-51(46)61-50)43-29-27-42(57(4)32-16-7-17-33-57)35-47(43)54-38(3)37(2)53(39-19-8-5-9-20-39)58-56(59-54)40-21-10-6-11-22-40/h6-7,10,12-13,15-18,21,25-32,34,36-37,39,44-45,47-48,55-56,59H,5,8-9,11,14,19-20,22-24,33,35H2,1-4H3/t36?,37?,44?,45?,47?,48?,55?,56-,57?/m0/s1. The van der Waals surface area contributed by atoms with E-state index >= 15 is 0 Å². The predicted octanol–water partition coefficient (Wildman–Crippen LogP) is 14.7. The van der Waals surface area contributed by atoms with E-state index in [1.807, 2.05) is 11.3 Å². The average molecular weight is 824 g/mol. The van der Waals surface area contributed by atoms with Crippen molar-refractivity contribution in [2.24, 2.45) is 45.9 Å². The zero-order chi connectivity index (χ0) is 41.2. The van der Waals surface area contributed by atoms with Gasteiger partial charge in [-0.1, -0.05) is 143 Å². The minimum absolute atomic E-state index is 0.0141. The summed E-state index contributed by atoms with van der Waals surface area (Å²) in [6, 6.07) is 8.53. The number of rotatable bonds is 6. The van der Waals surface area contributed by atoms with Crippen molar-refractivity contribution in [3.63, 3.8) is 0 Å². The van der Waals surface area contributed by atoms with Gasteiger partial charge in [0.25, 0.3) is 0 Å². The Morgan fingerprint density at radius 3 is 2.59 bits per heavy atom. The highest BCUT2D eigenvalue weighted by molar-refractivity contribution is 7.20. The van der Waals surface area contributed by atoms with Gasteiger partial charge in [0.1, 0.15) is 6.17 Å². The van der Waals surface area contributed by atoms with Gasteiger partial charge in [0.05, 0.1) is 6.04 Å². The van der Waals surface area contributed by atoms with Crippen molar-refractivity contribution < 1.29 is 0 Å². The highest BCUT2D eigenvalue weighted by Gasteiger charge is 2.50. The Bertz CT molecular complexity index is 2480.